The lowest BCUT2D eigenvalue weighted by molar-refractivity contribution is 0.102. The number of rotatable bonds is 4. The second kappa shape index (κ2) is 9.67. The van der Waals surface area contributed by atoms with Gasteiger partial charge in [0.15, 0.2) is 11.5 Å². The SMILES string of the molecule is CC(C)(C)[C@H]1CCc2c(sc(N=Cc3ccc4c(c3)OCCO4)c2C(=O)Nc2ccc(Cl)cc2)C1. The Hall–Kier alpha value is -2.83. The van der Waals surface area contributed by atoms with E-state index in [0.29, 0.717) is 35.4 Å². The Labute approximate surface area is 215 Å². The standard InChI is InChI=1S/C28H29ClN2O3S/c1-28(2,3)18-5-10-21-24(15-18)35-27(25(21)26(32)31-20-8-6-19(29)7-9-20)30-16-17-4-11-22-23(14-17)34-13-12-33-22/h4,6-9,11,14,16,18H,5,10,12-13,15H2,1-3H3,(H,31,32)/t18-/m0/s1. The molecule has 35 heavy (non-hydrogen) atoms. The molecule has 1 aliphatic heterocycles. The average molecular weight is 509 g/mol. The third-order valence-electron chi connectivity index (χ3n) is 6.70. The van der Waals surface area contributed by atoms with E-state index in [1.165, 1.54) is 4.88 Å². The highest BCUT2D eigenvalue weighted by Gasteiger charge is 2.33. The zero-order valence-electron chi connectivity index (χ0n) is 20.2. The first kappa shape index (κ1) is 23.9. The van der Waals surface area contributed by atoms with Crippen LogP contribution in [0.3, 0.4) is 0 Å². The van der Waals surface area contributed by atoms with E-state index in [0.717, 1.165) is 46.9 Å². The smallest absolute Gasteiger partial charge is 0.259 e. The normalized spacial score (nSPS) is 17.3. The van der Waals surface area contributed by atoms with Gasteiger partial charge in [0.25, 0.3) is 5.91 Å². The van der Waals surface area contributed by atoms with Gasteiger partial charge < -0.3 is 14.8 Å². The van der Waals surface area contributed by atoms with Crippen molar-refractivity contribution in [3.8, 4) is 11.5 Å². The lowest BCUT2D eigenvalue weighted by Gasteiger charge is -2.33. The summed E-state index contributed by atoms with van der Waals surface area (Å²) in [6.07, 6.45) is 4.73. The summed E-state index contributed by atoms with van der Waals surface area (Å²) in [5, 5.41) is 4.42. The summed E-state index contributed by atoms with van der Waals surface area (Å²) >= 11 is 7.65. The molecule has 0 bridgehead atoms. The second-order valence-electron chi connectivity index (χ2n) is 10.1. The number of carbonyl (C=O) groups is 1. The minimum absolute atomic E-state index is 0.131. The number of nitrogens with one attached hydrogen (secondary N) is 1. The van der Waals surface area contributed by atoms with Crippen molar-refractivity contribution in [1.29, 1.82) is 0 Å². The fraction of sp³-hybridized carbons (Fsp3) is 0.357. The van der Waals surface area contributed by atoms with Crippen molar-refractivity contribution >= 4 is 45.7 Å². The predicted octanol–water partition coefficient (Wildman–Crippen LogP) is 7.33. The maximum absolute atomic E-state index is 13.5. The van der Waals surface area contributed by atoms with Gasteiger partial charge in [0, 0.05) is 21.8 Å². The van der Waals surface area contributed by atoms with Crippen molar-refractivity contribution in [2.24, 2.45) is 16.3 Å². The van der Waals surface area contributed by atoms with Gasteiger partial charge in [-0.05, 0) is 84.2 Å². The summed E-state index contributed by atoms with van der Waals surface area (Å²) in [6.45, 7) is 7.99. The molecule has 5 nitrogen and oxygen atoms in total. The zero-order chi connectivity index (χ0) is 24.6. The van der Waals surface area contributed by atoms with Crippen LogP contribution in [0.1, 0.15) is 53.6 Å². The molecule has 2 heterocycles. The Kier molecular flexibility index (Phi) is 6.60. The number of amides is 1. The van der Waals surface area contributed by atoms with Crippen LogP contribution >= 0.6 is 22.9 Å². The van der Waals surface area contributed by atoms with Crippen LogP contribution in [0.25, 0.3) is 0 Å². The van der Waals surface area contributed by atoms with Crippen molar-refractivity contribution in [3.05, 3.63) is 69.1 Å². The third kappa shape index (κ3) is 5.24. The van der Waals surface area contributed by atoms with Crippen molar-refractivity contribution in [2.45, 2.75) is 40.0 Å². The fourth-order valence-electron chi connectivity index (χ4n) is 4.64. The molecule has 182 valence electrons. The molecule has 0 unspecified atom stereocenters. The van der Waals surface area contributed by atoms with E-state index in [2.05, 4.69) is 26.1 Å². The Bertz CT molecular complexity index is 1270. The molecule has 5 rings (SSSR count). The number of halogens is 1. The predicted molar refractivity (Wildman–Crippen MR) is 143 cm³/mol. The zero-order valence-corrected chi connectivity index (χ0v) is 21.8. The first-order chi connectivity index (χ1) is 16.8. The van der Waals surface area contributed by atoms with Crippen LogP contribution in [-0.2, 0) is 12.8 Å². The molecule has 0 fully saturated rings. The van der Waals surface area contributed by atoms with Gasteiger partial charge in [0.05, 0.1) is 5.56 Å². The second-order valence-corrected chi connectivity index (χ2v) is 11.6. The summed E-state index contributed by atoms with van der Waals surface area (Å²) in [5.41, 5.74) is 3.65. The number of benzene rings is 2. The molecule has 2 aromatic carbocycles. The van der Waals surface area contributed by atoms with E-state index in [1.807, 2.05) is 30.3 Å². The van der Waals surface area contributed by atoms with Crippen LogP contribution in [-0.4, -0.2) is 25.3 Å². The molecule has 1 atom stereocenters. The summed E-state index contributed by atoms with van der Waals surface area (Å²) in [4.78, 5) is 19.6. The number of ether oxygens (including phenoxy) is 2. The summed E-state index contributed by atoms with van der Waals surface area (Å²) in [6, 6.07) is 12.9. The summed E-state index contributed by atoms with van der Waals surface area (Å²) in [5.74, 6) is 1.92. The molecule has 1 N–H and O–H groups in total. The van der Waals surface area contributed by atoms with Gasteiger partial charge in [-0.2, -0.15) is 0 Å². The number of fused-ring (bicyclic) bond motifs is 2. The van der Waals surface area contributed by atoms with Crippen LogP contribution in [0, 0.1) is 11.3 Å². The van der Waals surface area contributed by atoms with Crippen molar-refractivity contribution < 1.29 is 14.3 Å². The third-order valence-corrected chi connectivity index (χ3v) is 8.11. The van der Waals surface area contributed by atoms with E-state index in [1.54, 1.807) is 29.7 Å². The summed E-state index contributed by atoms with van der Waals surface area (Å²) < 4.78 is 11.3. The van der Waals surface area contributed by atoms with Gasteiger partial charge in [-0.3, -0.25) is 4.79 Å². The lowest BCUT2D eigenvalue weighted by atomic mass is 9.72. The van der Waals surface area contributed by atoms with Crippen molar-refractivity contribution in [2.75, 3.05) is 18.5 Å². The molecule has 2 aliphatic rings. The van der Waals surface area contributed by atoms with Crippen molar-refractivity contribution in [1.82, 2.24) is 0 Å². The van der Waals surface area contributed by atoms with E-state index in [4.69, 9.17) is 26.1 Å². The van der Waals surface area contributed by atoms with Gasteiger partial charge in [-0.1, -0.05) is 32.4 Å². The molecule has 1 aromatic heterocycles. The fourth-order valence-corrected chi connectivity index (χ4v) is 6.03. The molecular formula is C28H29ClN2O3S. The molecule has 0 radical (unpaired) electrons. The van der Waals surface area contributed by atoms with Gasteiger partial charge in [0.2, 0.25) is 0 Å². The monoisotopic (exact) mass is 508 g/mol. The van der Waals surface area contributed by atoms with Crippen LogP contribution in [0.2, 0.25) is 5.02 Å². The van der Waals surface area contributed by atoms with Crippen LogP contribution < -0.4 is 14.8 Å². The highest BCUT2D eigenvalue weighted by molar-refractivity contribution is 7.16. The van der Waals surface area contributed by atoms with Crippen LogP contribution in [0.5, 0.6) is 11.5 Å². The minimum atomic E-state index is -0.131. The number of anilines is 1. The largest absolute Gasteiger partial charge is 0.486 e. The molecule has 3 aromatic rings. The topological polar surface area (TPSA) is 59.9 Å². The minimum Gasteiger partial charge on any atom is -0.486 e. The number of thiophene rings is 1. The lowest BCUT2D eigenvalue weighted by Crippen LogP contribution is -2.27. The van der Waals surface area contributed by atoms with E-state index < -0.39 is 0 Å². The molecule has 1 amide bonds. The number of nitrogens with zero attached hydrogens (tertiary/aromatic N) is 1. The number of hydrogen-bond donors (Lipinski definition) is 1. The maximum Gasteiger partial charge on any atom is 0.259 e. The number of aliphatic imine (C=N–C) groups is 1. The highest BCUT2D eigenvalue weighted by atomic mass is 35.5. The molecule has 0 spiro atoms. The average Bonchev–Trinajstić information content (AvgIpc) is 3.21. The van der Waals surface area contributed by atoms with Gasteiger partial charge >= 0.3 is 0 Å². The molecule has 0 saturated carbocycles. The first-order valence-electron chi connectivity index (χ1n) is 11.9. The van der Waals surface area contributed by atoms with Gasteiger partial charge in [0.1, 0.15) is 18.2 Å². The van der Waals surface area contributed by atoms with Gasteiger partial charge in [-0.25, -0.2) is 4.99 Å². The Morgan fingerprint density at radius 1 is 1.11 bits per heavy atom. The van der Waals surface area contributed by atoms with Gasteiger partial charge in [-0.15, -0.1) is 11.3 Å². The molecule has 0 saturated heterocycles. The molecule has 7 heteroatoms. The van der Waals surface area contributed by atoms with E-state index in [-0.39, 0.29) is 11.3 Å². The first-order valence-corrected chi connectivity index (χ1v) is 13.1. The van der Waals surface area contributed by atoms with E-state index >= 15 is 0 Å². The van der Waals surface area contributed by atoms with Crippen LogP contribution in [0.15, 0.2) is 47.5 Å². The number of hydrogen-bond acceptors (Lipinski definition) is 5. The van der Waals surface area contributed by atoms with Crippen molar-refractivity contribution in [3.63, 3.8) is 0 Å². The quantitative estimate of drug-likeness (QED) is 0.375. The maximum atomic E-state index is 13.5. The summed E-state index contributed by atoms with van der Waals surface area (Å²) in [7, 11) is 0. The molecule has 1 aliphatic carbocycles. The van der Waals surface area contributed by atoms with Crippen LogP contribution in [0.4, 0.5) is 10.7 Å². The Morgan fingerprint density at radius 3 is 2.60 bits per heavy atom. The highest BCUT2D eigenvalue weighted by Crippen LogP contribution is 2.45. The number of carbonyl (C=O) groups excluding carboxylic acids is 1. The Balaban J connectivity index is 1.48. The Morgan fingerprint density at radius 2 is 1.86 bits per heavy atom. The molecular weight excluding hydrogens is 480 g/mol. The van der Waals surface area contributed by atoms with E-state index in [9.17, 15) is 4.79 Å².